The second-order valence-electron chi connectivity index (χ2n) is 8.22. The lowest BCUT2D eigenvalue weighted by Gasteiger charge is -2.45. The van der Waals surface area contributed by atoms with Crippen molar-refractivity contribution >= 4 is 15.9 Å². The number of hydrogen-bond donors (Lipinski definition) is 1. The third-order valence-corrected chi connectivity index (χ3v) is 7.83. The van der Waals surface area contributed by atoms with E-state index in [4.69, 9.17) is 0 Å². The second kappa shape index (κ2) is 10.4. The van der Waals surface area contributed by atoms with Crippen molar-refractivity contribution in [2.24, 2.45) is 5.92 Å². The number of amides is 1. The van der Waals surface area contributed by atoms with Crippen molar-refractivity contribution in [3.8, 4) is 5.75 Å². The summed E-state index contributed by atoms with van der Waals surface area (Å²) in [4.78, 5) is 14.6. The van der Waals surface area contributed by atoms with Gasteiger partial charge in [0.1, 0.15) is 5.75 Å². The fraction of sp³-hybridized carbons (Fsp3) is 0.667. The zero-order chi connectivity index (χ0) is 23.4. The van der Waals surface area contributed by atoms with Crippen molar-refractivity contribution in [2.75, 3.05) is 26.2 Å². The molecule has 32 heavy (non-hydrogen) atoms. The molecule has 0 aromatic heterocycles. The highest BCUT2D eigenvalue weighted by atomic mass is 32.2. The molecule has 1 aromatic rings. The molecule has 3 rings (SSSR count). The highest BCUT2D eigenvalue weighted by molar-refractivity contribution is 7.89. The Morgan fingerprint density at radius 2 is 1.78 bits per heavy atom. The minimum Gasteiger partial charge on any atom is -0.406 e. The molecule has 1 amide bonds. The molecule has 0 spiro atoms. The van der Waals surface area contributed by atoms with Crippen LogP contribution in [0, 0.1) is 5.92 Å². The molecule has 2 unspecified atom stereocenters. The fourth-order valence-electron chi connectivity index (χ4n) is 4.33. The Labute approximate surface area is 186 Å². The number of hydrogen-bond acceptors (Lipinski definition) is 5. The van der Waals surface area contributed by atoms with Gasteiger partial charge in [0.15, 0.2) is 0 Å². The maximum absolute atomic E-state index is 13.4. The number of halogens is 3. The molecule has 180 valence electrons. The van der Waals surface area contributed by atoms with Crippen LogP contribution in [-0.4, -0.2) is 62.2 Å². The standard InChI is InChI=1S/C21H30F3N3O4S/c1-2-11-25-20(28)16-10-14-27(19(15-16)26-12-4-3-5-13-26)32(29,30)18-8-6-17(7-9-18)31-21(22,23)24/h6-9,16,19H,2-5,10-15H2,1H3,(H,25,28). The lowest BCUT2D eigenvalue weighted by Crippen LogP contribution is -2.57. The molecule has 7 nitrogen and oxygen atoms in total. The predicted octanol–water partition coefficient (Wildman–Crippen LogP) is 3.32. The summed E-state index contributed by atoms with van der Waals surface area (Å²) in [5, 5.41) is 2.90. The third-order valence-electron chi connectivity index (χ3n) is 5.92. The van der Waals surface area contributed by atoms with Crippen LogP contribution in [0.5, 0.6) is 5.75 Å². The van der Waals surface area contributed by atoms with Gasteiger partial charge in [0.05, 0.1) is 11.1 Å². The summed E-state index contributed by atoms with van der Waals surface area (Å²) in [5.41, 5.74) is 0. The number of carbonyl (C=O) groups excluding carboxylic acids is 1. The van der Waals surface area contributed by atoms with E-state index in [1.807, 2.05) is 6.92 Å². The first-order valence-corrected chi connectivity index (χ1v) is 12.4. The summed E-state index contributed by atoms with van der Waals surface area (Å²) in [6, 6.07) is 4.26. The number of alkyl halides is 3. The van der Waals surface area contributed by atoms with E-state index < -0.39 is 28.3 Å². The van der Waals surface area contributed by atoms with Crippen molar-refractivity contribution in [2.45, 2.75) is 62.9 Å². The summed E-state index contributed by atoms with van der Waals surface area (Å²) >= 11 is 0. The van der Waals surface area contributed by atoms with Gasteiger partial charge in [-0.2, -0.15) is 4.31 Å². The van der Waals surface area contributed by atoms with Crippen LogP contribution in [0.3, 0.4) is 0 Å². The quantitative estimate of drug-likeness (QED) is 0.652. The first-order chi connectivity index (χ1) is 15.1. The lowest BCUT2D eigenvalue weighted by molar-refractivity contribution is -0.274. The van der Waals surface area contributed by atoms with Crippen molar-refractivity contribution < 1.29 is 31.1 Å². The van der Waals surface area contributed by atoms with Crippen molar-refractivity contribution in [1.82, 2.24) is 14.5 Å². The average Bonchev–Trinajstić information content (AvgIpc) is 2.77. The number of piperidine rings is 2. The predicted molar refractivity (Wildman–Crippen MR) is 112 cm³/mol. The number of likely N-dealkylation sites (tertiary alicyclic amines) is 1. The topological polar surface area (TPSA) is 79.0 Å². The fourth-order valence-corrected chi connectivity index (χ4v) is 5.97. The molecule has 2 aliphatic heterocycles. The first kappa shape index (κ1) is 24.8. The van der Waals surface area contributed by atoms with E-state index in [9.17, 15) is 26.4 Å². The molecule has 11 heteroatoms. The maximum atomic E-state index is 13.4. The molecule has 2 atom stereocenters. The maximum Gasteiger partial charge on any atom is 0.573 e. The molecular formula is C21H30F3N3O4S. The molecule has 0 aliphatic carbocycles. The van der Waals surface area contributed by atoms with Gasteiger partial charge in [0.25, 0.3) is 0 Å². The molecule has 0 saturated carbocycles. The van der Waals surface area contributed by atoms with Crippen molar-refractivity contribution in [1.29, 1.82) is 0 Å². The van der Waals surface area contributed by atoms with Gasteiger partial charge in [-0.15, -0.1) is 13.2 Å². The largest absolute Gasteiger partial charge is 0.573 e. The Balaban J connectivity index is 1.82. The van der Waals surface area contributed by atoms with Crippen LogP contribution >= 0.6 is 0 Å². The zero-order valence-electron chi connectivity index (χ0n) is 18.1. The third kappa shape index (κ3) is 6.14. The van der Waals surface area contributed by atoms with Gasteiger partial charge in [-0.1, -0.05) is 13.3 Å². The average molecular weight is 478 g/mol. The van der Waals surface area contributed by atoms with Gasteiger partial charge in [-0.05, 0) is 69.5 Å². The number of nitrogens with zero attached hydrogens (tertiary/aromatic N) is 2. The zero-order valence-corrected chi connectivity index (χ0v) is 18.9. The molecule has 2 heterocycles. The molecule has 2 aliphatic rings. The Bertz CT molecular complexity index is 871. The minimum atomic E-state index is -4.85. The number of sulfonamides is 1. The molecule has 2 saturated heterocycles. The van der Waals surface area contributed by atoms with Gasteiger partial charge < -0.3 is 10.1 Å². The minimum absolute atomic E-state index is 0.0560. The van der Waals surface area contributed by atoms with Crippen molar-refractivity contribution in [3.05, 3.63) is 24.3 Å². The molecule has 0 radical (unpaired) electrons. The van der Waals surface area contributed by atoms with Crippen LogP contribution in [0.25, 0.3) is 0 Å². The second-order valence-corrected chi connectivity index (χ2v) is 10.1. The Kier molecular flexibility index (Phi) is 8.05. The molecule has 1 aromatic carbocycles. The smallest absolute Gasteiger partial charge is 0.406 e. The number of nitrogens with one attached hydrogen (secondary N) is 1. The van der Waals surface area contributed by atoms with E-state index >= 15 is 0 Å². The summed E-state index contributed by atoms with van der Waals surface area (Å²) in [5.74, 6) is -0.808. The Morgan fingerprint density at radius 1 is 1.12 bits per heavy atom. The summed E-state index contributed by atoms with van der Waals surface area (Å²) in [7, 11) is -3.96. The van der Waals surface area contributed by atoms with E-state index in [0.29, 0.717) is 19.4 Å². The number of benzene rings is 1. The van der Waals surface area contributed by atoms with E-state index in [1.54, 1.807) is 0 Å². The molecule has 0 bridgehead atoms. The van der Waals surface area contributed by atoms with Crippen LogP contribution in [0.1, 0.15) is 45.4 Å². The highest BCUT2D eigenvalue weighted by Gasteiger charge is 2.42. The van der Waals surface area contributed by atoms with Crippen LogP contribution < -0.4 is 10.1 Å². The van der Waals surface area contributed by atoms with Gasteiger partial charge in [-0.25, -0.2) is 8.42 Å². The monoisotopic (exact) mass is 477 g/mol. The van der Waals surface area contributed by atoms with Crippen LogP contribution in [0.2, 0.25) is 0 Å². The van der Waals surface area contributed by atoms with Gasteiger partial charge in [-0.3, -0.25) is 9.69 Å². The Morgan fingerprint density at radius 3 is 2.38 bits per heavy atom. The lowest BCUT2D eigenvalue weighted by atomic mass is 9.93. The van der Waals surface area contributed by atoms with E-state index in [-0.39, 0.29) is 23.3 Å². The number of rotatable bonds is 7. The number of ether oxygens (including phenoxy) is 1. The van der Waals surface area contributed by atoms with Gasteiger partial charge in [0.2, 0.25) is 15.9 Å². The highest BCUT2D eigenvalue weighted by Crippen LogP contribution is 2.33. The van der Waals surface area contributed by atoms with E-state index in [2.05, 4.69) is 15.0 Å². The summed E-state index contributed by atoms with van der Waals surface area (Å²) < 4.78 is 69.3. The first-order valence-electron chi connectivity index (χ1n) is 11.0. The Hall–Kier alpha value is -1.85. The van der Waals surface area contributed by atoms with Gasteiger partial charge in [0, 0.05) is 19.0 Å². The van der Waals surface area contributed by atoms with E-state index in [1.165, 1.54) is 4.31 Å². The molecule has 1 N–H and O–H groups in total. The van der Waals surface area contributed by atoms with Crippen LogP contribution in [0.4, 0.5) is 13.2 Å². The van der Waals surface area contributed by atoms with Crippen LogP contribution in [-0.2, 0) is 14.8 Å². The van der Waals surface area contributed by atoms with Gasteiger partial charge >= 0.3 is 6.36 Å². The van der Waals surface area contributed by atoms with Crippen molar-refractivity contribution in [3.63, 3.8) is 0 Å². The molecule has 2 fully saturated rings. The summed E-state index contributed by atoms with van der Waals surface area (Å²) in [6.45, 7) is 4.22. The number of carbonyl (C=O) groups is 1. The SMILES string of the molecule is CCCNC(=O)C1CCN(S(=O)(=O)c2ccc(OC(F)(F)F)cc2)C(N2CCCCC2)C1. The van der Waals surface area contributed by atoms with Crippen LogP contribution in [0.15, 0.2) is 29.2 Å². The normalized spacial score (nSPS) is 23.6. The van der Waals surface area contributed by atoms with E-state index in [0.717, 1.165) is 63.0 Å². The summed E-state index contributed by atoms with van der Waals surface area (Å²) in [6.07, 6.45) is -0.698. The molecular weight excluding hydrogens is 447 g/mol.